The molecule has 0 aliphatic carbocycles. The van der Waals surface area contributed by atoms with Gasteiger partial charge in [-0.25, -0.2) is 0 Å². The molecule has 0 saturated heterocycles. The fraction of sp³-hybridized carbons (Fsp3) is 0.235. The molecule has 2 heterocycles. The molecule has 1 atom stereocenters. The summed E-state index contributed by atoms with van der Waals surface area (Å²) in [5, 5.41) is 15.0. The number of carbonyl (C=O) groups is 1. The molecule has 2 aromatic heterocycles. The maximum Gasteiger partial charge on any atom is 0.230 e. The van der Waals surface area contributed by atoms with E-state index in [2.05, 4.69) is 36.8 Å². The molecule has 2 N–H and O–H groups in total. The summed E-state index contributed by atoms with van der Waals surface area (Å²) in [7, 11) is 0. The van der Waals surface area contributed by atoms with Crippen LogP contribution in [0.4, 0.5) is 5.13 Å². The molecule has 1 aromatic carbocycles. The second-order valence-electron chi connectivity index (χ2n) is 5.41. The lowest BCUT2D eigenvalue weighted by molar-refractivity contribution is -0.119. The topological polar surface area (TPSA) is 80.0 Å². The first-order valence-electron chi connectivity index (χ1n) is 7.88. The first-order valence-corrected chi connectivity index (χ1v) is 10.5. The predicted molar refractivity (Wildman–Crippen MR) is 107 cm³/mol. The van der Waals surface area contributed by atoms with Crippen LogP contribution in [0.3, 0.4) is 0 Å². The lowest BCUT2D eigenvalue weighted by Gasteiger charge is -2.15. The molecule has 0 bridgehead atoms. The standard InChI is InChI=1S/C17H17BrN4O2S2/c1-11(13-6-2-3-7-14(13)18)20-15(23)10-25-17-22-21-16(26-17)19-9-12-5-4-8-24-12/h2-8,11H,9-10H2,1H3,(H,19,21)(H,20,23). The Balaban J connectivity index is 1.45. The van der Waals surface area contributed by atoms with Crippen LogP contribution in [-0.4, -0.2) is 21.9 Å². The van der Waals surface area contributed by atoms with Gasteiger partial charge in [0.15, 0.2) is 4.34 Å². The third kappa shape index (κ3) is 5.33. The highest BCUT2D eigenvalue weighted by atomic mass is 79.9. The second kappa shape index (κ2) is 9.20. The van der Waals surface area contributed by atoms with E-state index in [4.69, 9.17) is 4.42 Å². The average molecular weight is 453 g/mol. The zero-order chi connectivity index (χ0) is 18.4. The number of amides is 1. The zero-order valence-electron chi connectivity index (χ0n) is 13.9. The summed E-state index contributed by atoms with van der Waals surface area (Å²) in [6.07, 6.45) is 1.63. The molecule has 6 nitrogen and oxygen atoms in total. The van der Waals surface area contributed by atoms with Gasteiger partial charge in [0.2, 0.25) is 11.0 Å². The number of anilines is 1. The van der Waals surface area contributed by atoms with Crippen LogP contribution in [0.2, 0.25) is 0 Å². The van der Waals surface area contributed by atoms with Gasteiger partial charge >= 0.3 is 0 Å². The summed E-state index contributed by atoms with van der Waals surface area (Å²) in [6, 6.07) is 11.5. The molecule has 1 unspecified atom stereocenters. The van der Waals surface area contributed by atoms with Gasteiger partial charge in [-0.3, -0.25) is 4.79 Å². The van der Waals surface area contributed by atoms with E-state index < -0.39 is 0 Å². The lowest BCUT2D eigenvalue weighted by atomic mass is 10.1. The van der Waals surface area contributed by atoms with Crippen molar-refractivity contribution < 1.29 is 9.21 Å². The Morgan fingerprint density at radius 1 is 1.31 bits per heavy atom. The Morgan fingerprint density at radius 2 is 2.15 bits per heavy atom. The fourth-order valence-electron chi connectivity index (χ4n) is 2.23. The number of aromatic nitrogens is 2. The van der Waals surface area contributed by atoms with Crippen LogP contribution in [0.1, 0.15) is 24.3 Å². The van der Waals surface area contributed by atoms with Crippen LogP contribution in [0, 0.1) is 0 Å². The minimum atomic E-state index is -0.0707. The molecule has 0 saturated carbocycles. The van der Waals surface area contributed by atoms with Crippen LogP contribution in [0.25, 0.3) is 0 Å². The Bertz CT molecular complexity index is 854. The van der Waals surface area contributed by atoms with Crippen molar-refractivity contribution in [1.29, 1.82) is 0 Å². The molecule has 1 amide bonds. The highest BCUT2D eigenvalue weighted by Gasteiger charge is 2.13. The molecule has 0 spiro atoms. The molecular formula is C17H17BrN4O2S2. The van der Waals surface area contributed by atoms with Crippen molar-refractivity contribution in [2.45, 2.75) is 23.8 Å². The Hall–Kier alpha value is -1.84. The molecule has 0 radical (unpaired) electrons. The van der Waals surface area contributed by atoms with Gasteiger partial charge in [0.05, 0.1) is 24.6 Å². The third-order valence-corrected chi connectivity index (χ3v) is 6.21. The highest BCUT2D eigenvalue weighted by molar-refractivity contribution is 9.10. The average Bonchev–Trinajstić information content (AvgIpc) is 3.30. The third-order valence-electron chi connectivity index (χ3n) is 3.48. The van der Waals surface area contributed by atoms with E-state index in [0.29, 0.717) is 17.4 Å². The molecule has 136 valence electrons. The Labute approximate surface area is 167 Å². The maximum absolute atomic E-state index is 12.2. The number of nitrogens with zero attached hydrogens (tertiary/aromatic N) is 2. The van der Waals surface area contributed by atoms with Gasteiger partial charge in [0.25, 0.3) is 0 Å². The number of hydrogen-bond acceptors (Lipinski definition) is 7. The van der Waals surface area contributed by atoms with E-state index in [1.807, 2.05) is 43.3 Å². The molecule has 9 heteroatoms. The van der Waals surface area contributed by atoms with Crippen molar-refractivity contribution in [2.75, 3.05) is 11.1 Å². The van der Waals surface area contributed by atoms with Crippen molar-refractivity contribution in [1.82, 2.24) is 15.5 Å². The monoisotopic (exact) mass is 452 g/mol. The molecule has 0 aliphatic heterocycles. The van der Waals surface area contributed by atoms with Crippen LogP contribution in [-0.2, 0) is 11.3 Å². The quantitative estimate of drug-likeness (QED) is 0.490. The second-order valence-corrected chi connectivity index (χ2v) is 8.46. The van der Waals surface area contributed by atoms with Gasteiger partial charge in [-0.2, -0.15) is 0 Å². The molecule has 26 heavy (non-hydrogen) atoms. The SMILES string of the molecule is CC(NC(=O)CSc1nnc(NCc2ccco2)s1)c1ccccc1Br. The first-order chi connectivity index (χ1) is 12.6. The molecular weight excluding hydrogens is 436 g/mol. The van der Waals surface area contributed by atoms with E-state index >= 15 is 0 Å². The molecule has 0 aliphatic rings. The molecule has 3 aromatic rings. The number of hydrogen-bond donors (Lipinski definition) is 2. The highest BCUT2D eigenvalue weighted by Crippen LogP contribution is 2.26. The number of carbonyl (C=O) groups excluding carboxylic acids is 1. The van der Waals surface area contributed by atoms with Crippen molar-refractivity contribution in [3.05, 3.63) is 58.5 Å². The lowest BCUT2D eigenvalue weighted by Crippen LogP contribution is -2.28. The Morgan fingerprint density at radius 3 is 2.92 bits per heavy atom. The molecule has 0 fully saturated rings. The van der Waals surface area contributed by atoms with Crippen molar-refractivity contribution in [2.24, 2.45) is 0 Å². The summed E-state index contributed by atoms with van der Waals surface area (Å²) >= 11 is 6.29. The van der Waals surface area contributed by atoms with Crippen LogP contribution >= 0.6 is 39.0 Å². The minimum absolute atomic E-state index is 0.0430. The number of furan rings is 1. The number of halogens is 1. The smallest absolute Gasteiger partial charge is 0.230 e. The summed E-state index contributed by atoms with van der Waals surface area (Å²) in [4.78, 5) is 12.2. The summed E-state index contributed by atoms with van der Waals surface area (Å²) < 4.78 is 6.98. The van der Waals surface area contributed by atoms with Gasteiger partial charge in [-0.15, -0.1) is 10.2 Å². The minimum Gasteiger partial charge on any atom is -0.467 e. The van der Waals surface area contributed by atoms with Crippen LogP contribution < -0.4 is 10.6 Å². The van der Waals surface area contributed by atoms with E-state index in [9.17, 15) is 4.79 Å². The van der Waals surface area contributed by atoms with E-state index in [-0.39, 0.29) is 11.9 Å². The Kier molecular flexibility index (Phi) is 6.70. The number of thioether (sulfide) groups is 1. The number of benzene rings is 1. The zero-order valence-corrected chi connectivity index (χ0v) is 17.2. The van der Waals surface area contributed by atoms with Crippen molar-refractivity contribution >= 4 is 50.1 Å². The van der Waals surface area contributed by atoms with Gasteiger partial charge in [0.1, 0.15) is 5.76 Å². The van der Waals surface area contributed by atoms with E-state index in [0.717, 1.165) is 20.1 Å². The van der Waals surface area contributed by atoms with Crippen molar-refractivity contribution in [3.8, 4) is 0 Å². The van der Waals surface area contributed by atoms with Gasteiger partial charge < -0.3 is 15.1 Å². The number of rotatable bonds is 8. The van der Waals surface area contributed by atoms with E-state index in [1.165, 1.54) is 23.1 Å². The predicted octanol–water partition coefficient (Wildman–Crippen LogP) is 4.48. The van der Waals surface area contributed by atoms with E-state index in [1.54, 1.807) is 6.26 Å². The van der Waals surface area contributed by atoms with Crippen molar-refractivity contribution in [3.63, 3.8) is 0 Å². The normalized spacial score (nSPS) is 11.9. The van der Waals surface area contributed by atoms with Gasteiger partial charge in [0, 0.05) is 4.47 Å². The van der Waals surface area contributed by atoms with Crippen LogP contribution in [0.15, 0.2) is 55.9 Å². The fourth-order valence-corrected chi connectivity index (χ4v) is 4.42. The van der Waals surface area contributed by atoms with Crippen LogP contribution in [0.5, 0.6) is 0 Å². The molecule has 3 rings (SSSR count). The summed E-state index contributed by atoms with van der Waals surface area (Å²) in [5.74, 6) is 1.08. The summed E-state index contributed by atoms with van der Waals surface area (Å²) in [5.41, 5.74) is 1.05. The van der Waals surface area contributed by atoms with Gasteiger partial charge in [-0.1, -0.05) is 57.2 Å². The first kappa shape index (κ1) is 18.9. The number of nitrogens with one attached hydrogen (secondary N) is 2. The largest absolute Gasteiger partial charge is 0.467 e. The summed E-state index contributed by atoms with van der Waals surface area (Å²) in [6.45, 7) is 2.51. The maximum atomic E-state index is 12.2. The van der Waals surface area contributed by atoms with Gasteiger partial charge in [-0.05, 0) is 30.7 Å².